The number of unbranched alkanes of at least 4 members (excludes halogenated alkanes) is 2. The van der Waals surface area contributed by atoms with Crippen LogP contribution in [0.3, 0.4) is 0 Å². The van der Waals surface area contributed by atoms with E-state index in [-0.39, 0.29) is 0 Å². The van der Waals surface area contributed by atoms with E-state index >= 15 is 0 Å². The smallest absolute Gasteiger partial charge is 0.183 e. The van der Waals surface area contributed by atoms with Gasteiger partial charge in [-0.3, -0.25) is 4.99 Å². The van der Waals surface area contributed by atoms with Crippen LogP contribution in [0.25, 0.3) is 0 Å². The first-order valence-corrected chi connectivity index (χ1v) is 5.53. The molecule has 1 atom stereocenters. The third-order valence-corrected chi connectivity index (χ3v) is 2.52. The van der Waals surface area contributed by atoms with Gasteiger partial charge in [0, 0.05) is 13.0 Å². The Kier molecular flexibility index (Phi) is 4.87. The fourth-order valence-corrected chi connectivity index (χ4v) is 1.75. The van der Waals surface area contributed by atoms with Crippen molar-refractivity contribution in [2.24, 2.45) is 10.9 Å². The second kappa shape index (κ2) is 6.01. The van der Waals surface area contributed by atoms with Gasteiger partial charge in [-0.2, -0.15) is 0 Å². The van der Waals surface area contributed by atoms with Crippen LogP contribution in [0.15, 0.2) is 4.99 Å². The lowest BCUT2D eigenvalue weighted by Gasteiger charge is -2.07. The summed E-state index contributed by atoms with van der Waals surface area (Å²) >= 11 is 0. The molecular formula is C11H21NO. The maximum Gasteiger partial charge on any atom is 0.183 e. The maximum absolute atomic E-state index is 5.39. The average Bonchev–Trinajstić information content (AvgIpc) is 2.54. The molecule has 1 unspecified atom stereocenters. The zero-order chi connectivity index (χ0) is 9.52. The van der Waals surface area contributed by atoms with Crippen LogP contribution in [0.5, 0.6) is 0 Å². The lowest BCUT2D eigenvalue weighted by molar-refractivity contribution is 0.316. The first-order chi connectivity index (χ1) is 6.36. The highest BCUT2D eigenvalue weighted by Gasteiger charge is 2.18. The van der Waals surface area contributed by atoms with E-state index in [4.69, 9.17) is 4.74 Å². The van der Waals surface area contributed by atoms with E-state index in [1.165, 1.54) is 25.7 Å². The largest absolute Gasteiger partial charge is 0.481 e. The third kappa shape index (κ3) is 3.79. The fourth-order valence-electron chi connectivity index (χ4n) is 1.75. The molecule has 1 aliphatic rings. The number of hydrogen-bond acceptors (Lipinski definition) is 2. The van der Waals surface area contributed by atoms with Crippen molar-refractivity contribution in [3.63, 3.8) is 0 Å². The Balaban J connectivity index is 2.07. The number of aliphatic imine (C=N–C) groups is 1. The first-order valence-electron chi connectivity index (χ1n) is 5.53. The minimum atomic E-state index is 0.764. The van der Waals surface area contributed by atoms with E-state index in [0.29, 0.717) is 0 Å². The molecule has 0 radical (unpaired) electrons. The minimum Gasteiger partial charge on any atom is -0.481 e. The van der Waals surface area contributed by atoms with Gasteiger partial charge in [0.05, 0.1) is 6.61 Å². The summed E-state index contributed by atoms with van der Waals surface area (Å²) in [6, 6.07) is 0. The maximum atomic E-state index is 5.39. The number of hydrogen-bond donors (Lipinski definition) is 0. The van der Waals surface area contributed by atoms with Gasteiger partial charge in [0.2, 0.25) is 0 Å². The Hall–Kier alpha value is -0.530. The van der Waals surface area contributed by atoms with Gasteiger partial charge in [0.25, 0.3) is 0 Å². The monoisotopic (exact) mass is 183 g/mol. The summed E-state index contributed by atoms with van der Waals surface area (Å²) in [6.07, 6.45) is 6.44. The molecule has 0 aromatic carbocycles. The summed E-state index contributed by atoms with van der Waals surface area (Å²) in [6.45, 7) is 6.03. The van der Waals surface area contributed by atoms with Crippen molar-refractivity contribution in [3.8, 4) is 0 Å². The molecule has 1 heterocycles. The van der Waals surface area contributed by atoms with Gasteiger partial charge in [-0.15, -0.1) is 0 Å². The van der Waals surface area contributed by atoms with Crippen molar-refractivity contribution < 1.29 is 4.74 Å². The lowest BCUT2D eigenvalue weighted by atomic mass is 10.00. The van der Waals surface area contributed by atoms with Crippen LogP contribution in [-0.2, 0) is 4.74 Å². The molecule has 0 aromatic heterocycles. The van der Waals surface area contributed by atoms with Gasteiger partial charge in [0.15, 0.2) is 5.90 Å². The number of ether oxygens (including phenoxy) is 1. The Bertz CT molecular complexity index is 165. The first kappa shape index (κ1) is 10.6. The normalized spacial score (nSPS) is 21.7. The standard InChI is InChI=1S/C11H21NO/c1-3-5-6-7-10-8-11(12-9-10)13-4-2/h10H,3-9H2,1-2H3. The SMILES string of the molecule is CCCCCC1CN=C(OCC)C1. The molecule has 0 spiro atoms. The Morgan fingerprint density at radius 3 is 2.92 bits per heavy atom. The molecule has 0 N–H and O–H groups in total. The topological polar surface area (TPSA) is 21.6 Å². The highest BCUT2D eigenvalue weighted by Crippen LogP contribution is 2.20. The van der Waals surface area contributed by atoms with Gasteiger partial charge in [-0.25, -0.2) is 0 Å². The zero-order valence-corrected chi connectivity index (χ0v) is 8.88. The van der Waals surface area contributed by atoms with Crippen LogP contribution in [0.1, 0.15) is 46.0 Å². The molecular weight excluding hydrogens is 162 g/mol. The molecule has 0 bridgehead atoms. The Labute approximate surface area is 81.4 Å². The van der Waals surface area contributed by atoms with E-state index in [0.717, 1.165) is 31.4 Å². The summed E-state index contributed by atoms with van der Waals surface area (Å²) in [5.41, 5.74) is 0. The average molecular weight is 183 g/mol. The fraction of sp³-hybridized carbons (Fsp3) is 0.909. The van der Waals surface area contributed by atoms with Crippen LogP contribution < -0.4 is 0 Å². The molecule has 2 nitrogen and oxygen atoms in total. The second-order valence-corrected chi connectivity index (χ2v) is 3.73. The van der Waals surface area contributed by atoms with Crippen molar-refractivity contribution in [1.82, 2.24) is 0 Å². The predicted octanol–water partition coefficient (Wildman–Crippen LogP) is 3.02. The molecule has 1 rings (SSSR count). The van der Waals surface area contributed by atoms with E-state index in [1.807, 2.05) is 6.92 Å². The summed E-state index contributed by atoms with van der Waals surface area (Å²) in [5.74, 6) is 1.76. The zero-order valence-electron chi connectivity index (χ0n) is 8.88. The number of nitrogens with zero attached hydrogens (tertiary/aromatic N) is 1. The highest BCUT2D eigenvalue weighted by molar-refractivity contribution is 5.78. The van der Waals surface area contributed by atoms with E-state index in [1.54, 1.807) is 0 Å². The second-order valence-electron chi connectivity index (χ2n) is 3.73. The quantitative estimate of drug-likeness (QED) is 0.600. The summed E-state index contributed by atoms with van der Waals surface area (Å²) in [5, 5.41) is 0. The molecule has 0 aliphatic carbocycles. The van der Waals surface area contributed by atoms with Crippen LogP contribution in [0.2, 0.25) is 0 Å². The van der Waals surface area contributed by atoms with E-state index in [9.17, 15) is 0 Å². The van der Waals surface area contributed by atoms with Crippen molar-refractivity contribution in [2.75, 3.05) is 13.2 Å². The van der Waals surface area contributed by atoms with Gasteiger partial charge >= 0.3 is 0 Å². The summed E-state index contributed by atoms with van der Waals surface area (Å²) in [4.78, 5) is 4.38. The van der Waals surface area contributed by atoms with Crippen LogP contribution in [0, 0.1) is 5.92 Å². The Morgan fingerprint density at radius 2 is 2.23 bits per heavy atom. The molecule has 76 valence electrons. The van der Waals surface area contributed by atoms with Crippen LogP contribution >= 0.6 is 0 Å². The van der Waals surface area contributed by atoms with Crippen LogP contribution in [0.4, 0.5) is 0 Å². The van der Waals surface area contributed by atoms with Crippen LogP contribution in [-0.4, -0.2) is 19.0 Å². The molecule has 0 aromatic rings. The highest BCUT2D eigenvalue weighted by atomic mass is 16.5. The van der Waals surface area contributed by atoms with Gasteiger partial charge in [-0.1, -0.05) is 26.2 Å². The Morgan fingerprint density at radius 1 is 1.38 bits per heavy atom. The molecule has 1 aliphatic heterocycles. The van der Waals surface area contributed by atoms with E-state index in [2.05, 4.69) is 11.9 Å². The minimum absolute atomic E-state index is 0.764. The third-order valence-electron chi connectivity index (χ3n) is 2.52. The molecule has 0 amide bonds. The molecule has 0 saturated heterocycles. The van der Waals surface area contributed by atoms with Crippen molar-refractivity contribution >= 4 is 5.90 Å². The molecule has 2 heteroatoms. The number of rotatable bonds is 5. The lowest BCUT2D eigenvalue weighted by Crippen LogP contribution is -2.05. The van der Waals surface area contributed by atoms with Gasteiger partial charge in [-0.05, 0) is 19.3 Å². The van der Waals surface area contributed by atoms with Gasteiger partial charge in [0.1, 0.15) is 0 Å². The molecule has 0 fully saturated rings. The molecule has 13 heavy (non-hydrogen) atoms. The summed E-state index contributed by atoms with van der Waals surface area (Å²) < 4.78 is 5.39. The van der Waals surface area contributed by atoms with Gasteiger partial charge < -0.3 is 4.74 Å². The van der Waals surface area contributed by atoms with Crippen molar-refractivity contribution in [1.29, 1.82) is 0 Å². The summed E-state index contributed by atoms with van der Waals surface area (Å²) in [7, 11) is 0. The van der Waals surface area contributed by atoms with E-state index < -0.39 is 0 Å². The molecule has 0 saturated carbocycles. The van der Waals surface area contributed by atoms with Crippen molar-refractivity contribution in [2.45, 2.75) is 46.0 Å². The van der Waals surface area contributed by atoms with Crippen molar-refractivity contribution in [3.05, 3.63) is 0 Å². The predicted molar refractivity (Wildman–Crippen MR) is 56.2 cm³/mol.